The van der Waals surface area contributed by atoms with Crippen LogP contribution in [0.2, 0.25) is 5.02 Å². The summed E-state index contributed by atoms with van der Waals surface area (Å²) in [5.74, 6) is -0.472. The summed E-state index contributed by atoms with van der Waals surface area (Å²) in [5.41, 5.74) is 0.405. The van der Waals surface area contributed by atoms with Gasteiger partial charge in [0, 0.05) is 12.7 Å². The predicted molar refractivity (Wildman–Crippen MR) is 77.6 cm³/mol. The molecule has 2 aromatic rings. The van der Waals surface area contributed by atoms with Gasteiger partial charge in [0.1, 0.15) is 5.76 Å². The molecule has 1 aromatic carbocycles. The van der Waals surface area contributed by atoms with Crippen LogP contribution < -0.4 is 0 Å². The number of hydrogen-bond acceptors (Lipinski definition) is 4. The summed E-state index contributed by atoms with van der Waals surface area (Å²) in [6, 6.07) is 6.03. The number of sulfone groups is 1. The lowest BCUT2D eigenvalue weighted by molar-refractivity contribution is 0.0695. The zero-order valence-electron chi connectivity index (χ0n) is 11.2. The van der Waals surface area contributed by atoms with Crippen LogP contribution in [0.15, 0.2) is 39.8 Å². The van der Waals surface area contributed by atoms with Gasteiger partial charge in [-0.2, -0.15) is 0 Å². The van der Waals surface area contributed by atoms with Gasteiger partial charge in [0.05, 0.1) is 21.7 Å². The summed E-state index contributed by atoms with van der Waals surface area (Å²) in [6.07, 6.45) is 3.41. The first-order valence-electron chi connectivity index (χ1n) is 6.07. The van der Waals surface area contributed by atoms with Crippen molar-refractivity contribution in [2.24, 2.45) is 0 Å². The molecule has 2 rings (SSSR count). The first kappa shape index (κ1) is 15.6. The van der Waals surface area contributed by atoms with Crippen molar-refractivity contribution in [1.82, 2.24) is 0 Å². The van der Waals surface area contributed by atoms with Gasteiger partial charge >= 0.3 is 5.97 Å². The van der Waals surface area contributed by atoms with Crippen LogP contribution in [-0.2, 0) is 22.7 Å². The SMILES string of the molecule is CS(=O)(=O)c1cc(C(=O)O)c(CCc2ccco2)cc1Cl. The Morgan fingerprint density at radius 1 is 1.33 bits per heavy atom. The highest BCUT2D eigenvalue weighted by molar-refractivity contribution is 7.90. The van der Waals surface area contributed by atoms with Crippen LogP contribution >= 0.6 is 11.6 Å². The zero-order chi connectivity index (χ0) is 15.6. The molecule has 1 aromatic heterocycles. The normalized spacial score (nSPS) is 11.5. The van der Waals surface area contributed by atoms with Crippen LogP contribution in [0.25, 0.3) is 0 Å². The third-order valence-electron chi connectivity index (χ3n) is 3.01. The van der Waals surface area contributed by atoms with Gasteiger partial charge < -0.3 is 9.52 Å². The van der Waals surface area contributed by atoms with Gasteiger partial charge in [-0.1, -0.05) is 11.6 Å². The summed E-state index contributed by atoms with van der Waals surface area (Å²) >= 11 is 5.96. The van der Waals surface area contributed by atoms with Gasteiger partial charge in [0.2, 0.25) is 0 Å². The first-order valence-corrected chi connectivity index (χ1v) is 8.34. The van der Waals surface area contributed by atoms with Crippen LogP contribution in [0.5, 0.6) is 0 Å². The van der Waals surface area contributed by atoms with E-state index in [2.05, 4.69) is 0 Å². The van der Waals surface area contributed by atoms with E-state index in [1.54, 1.807) is 12.1 Å². The highest BCUT2D eigenvalue weighted by Gasteiger charge is 2.19. The zero-order valence-corrected chi connectivity index (χ0v) is 12.7. The van der Waals surface area contributed by atoms with E-state index in [1.165, 1.54) is 12.3 Å². The largest absolute Gasteiger partial charge is 0.478 e. The second-order valence-electron chi connectivity index (χ2n) is 4.60. The fraction of sp³-hybridized carbons (Fsp3) is 0.214. The Hall–Kier alpha value is -1.79. The second-order valence-corrected chi connectivity index (χ2v) is 6.99. The smallest absolute Gasteiger partial charge is 0.336 e. The van der Waals surface area contributed by atoms with Crippen LogP contribution in [0, 0.1) is 0 Å². The molecule has 1 N–H and O–H groups in total. The number of halogens is 1. The van der Waals surface area contributed by atoms with Gasteiger partial charge in [0.15, 0.2) is 9.84 Å². The molecule has 112 valence electrons. The fourth-order valence-electron chi connectivity index (χ4n) is 2.00. The number of aryl methyl sites for hydroxylation is 2. The average molecular weight is 329 g/mol. The third-order valence-corrected chi connectivity index (χ3v) is 4.57. The Labute approximate surface area is 127 Å². The molecule has 1 heterocycles. The topological polar surface area (TPSA) is 84.6 Å². The van der Waals surface area contributed by atoms with Crippen molar-refractivity contribution >= 4 is 27.4 Å². The number of carboxylic acids is 1. The maximum absolute atomic E-state index is 11.6. The first-order chi connectivity index (χ1) is 9.79. The number of aromatic carboxylic acids is 1. The lowest BCUT2D eigenvalue weighted by atomic mass is 10.0. The molecule has 0 spiro atoms. The third kappa shape index (κ3) is 3.65. The van der Waals surface area contributed by atoms with Crippen molar-refractivity contribution in [2.45, 2.75) is 17.7 Å². The molecule has 7 heteroatoms. The van der Waals surface area contributed by atoms with Gasteiger partial charge in [-0.25, -0.2) is 13.2 Å². The van der Waals surface area contributed by atoms with E-state index in [4.69, 9.17) is 16.0 Å². The number of benzene rings is 1. The number of carboxylic acid groups (broad SMARTS) is 1. The van der Waals surface area contributed by atoms with Gasteiger partial charge in [-0.05, 0) is 36.2 Å². The molecule has 0 atom stereocenters. The molecule has 0 saturated heterocycles. The lowest BCUT2D eigenvalue weighted by Gasteiger charge is -2.09. The van der Waals surface area contributed by atoms with E-state index in [0.29, 0.717) is 18.4 Å². The maximum Gasteiger partial charge on any atom is 0.336 e. The summed E-state index contributed by atoms with van der Waals surface area (Å²) in [5, 5.41) is 9.27. The van der Waals surface area contributed by atoms with Crippen molar-refractivity contribution in [1.29, 1.82) is 0 Å². The van der Waals surface area contributed by atoms with Gasteiger partial charge in [-0.3, -0.25) is 0 Å². The molecule has 0 saturated carbocycles. The quantitative estimate of drug-likeness (QED) is 0.912. The Bertz CT molecular complexity index is 763. The van der Waals surface area contributed by atoms with Crippen molar-refractivity contribution in [3.05, 3.63) is 52.4 Å². The Morgan fingerprint density at radius 2 is 2.05 bits per heavy atom. The summed E-state index contributed by atoms with van der Waals surface area (Å²) in [6.45, 7) is 0. The lowest BCUT2D eigenvalue weighted by Crippen LogP contribution is -2.08. The van der Waals surface area contributed by atoms with E-state index < -0.39 is 15.8 Å². The maximum atomic E-state index is 11.6. The standard InChI is InChI=1S/C14H13ClO5S/c1-21(18,19)13-8-11(14(16)17)9(7-12(13)15)4-5-10-3-2-6-20-10/h2-3,6-8H,4-5H2,1H3,(H,16,17). The molecule has 0 unspecified atom stereocenters. The van der Waals surface area contributed by atoms with Crippen molar-refractivity contribution < 1.29 is 22.7 Å². The minimum Gasteiger partial charge on any atom is -0.478 e. The van der Waals surface area contributed by atoms with Crippen molar-refractivity contribution in [3.8, 4) is 0 Å². The summed E-state index contributed by atoms with van der Waals surface area (Å²) < 4.78 is 28.4. The molecule has 0 aliphatic heterocycles. The van der Waals surface area contributed by atoms with Crippen LogP contribution in [-0.4, -0.2) is 25.7 Å². The van der Waals surface area contributed by atoms with Crippen LogP contribution in [0.3, 0.4) is 0 Å². The number of hydrogen-bond donors (Lipinski definition) is 1. The number of carbonyl (C=O) groups is 1. The molecule has 0 amide bonds. The monoisotopic (exact) mass is 328 g/mol. The summed E-state index contributed by atoms with van der Waals surface area (Å²) in [7, 11) is -3.58. The van der Waals surface area contributed by atoms with E-state index in [0.717, 1.165) is 18.1 Å². The molecular weight excluding hydrogens is 316 g/mol. The highest BCUT2D eigenvalue weighted by Crippen LogP contribution is 2.27. The minimum atomic E-state index is -3.58. The summed E-state index contributed by atoms with van der Waals surface area (Å²) in [4.78, 5) is 11.1. The number of rotatable bonds is 5. The fourth-order valence-corrected chi connectivity index (χ4v) is 3.35. The molecule has 0 bridgehead atoms. The number of furan rings is 1. The Morgan fingerprint density at radius 3 is 2.57 bits per heavy atom. The molecular formula is C14H13ClO5S. The van der Waals surface area contributed by atoms with Gasteiger partial charge in [0.25, 0.3) is 0 Å². The van der Waals surface area contributed by atoms with E-state index in [1.807, 2.05) is 0 Å². The second kappa shape index (κ2) is 5.91. The highest BCUT2D eigenvalue weighted by atomic mass is 35.5. The minimum absolute atomic E-state index is 0.0249. The molecule has 5 nitrogen and oxygen atoms in total. The van der Waals surface area contributed by atoms with Crippen molar-refractivity contribution in [2.75, 3.05) is 6.26 Å². The van der Waals surface area contributed by atoms with E-state index >= 15 is 0 Å². The average Bonchev–Trinajstić information content (AvgIpc) is 2.87. The van der Waals surface area contributed by atoms with Crippen LogP contribution in [0.4, 0.5) is 0 Å². The molecule has 0 fully saturated rings. The van der Waals surface area contributed by atoms with E-state index in [9.17, 15) is 18.3 Å². The predicted octanol–water partition coefficient (Wildman–Crippen LogP) is 2.82. The van der Waals surface area contributed by atoms with Crippen molar-refractivity contribution in [3.63, 3.8) is 0 Å². The molecule has 0 aliphatic rings. The molecule has 21 heavy (non-hydrogen) atoms. The van der Waals surface area contributed by atoms with Crippen LogP contribution in [0.1, 0.15) is 21.7 Å². The van der Waals surface area contributed by atoms with E-state index in [-0.39, 0.29) is 15.5 Å². The molecule has 0 radical (unpaired) electrons. The Kier molecular flexibility index (Phi) is 4.39. The Balaban J connectivity index is 2.41. The molecule has 0 aliphatic carbocycles. The van der Waals surface area contributed by atoms with Gasteiger partial charge in [-0.15, -0.1) is 0 Å².